The molecule has 20 heteroatoms. The highest BCUT2D eigenvalue weighted by molar-refractivity contribution is 5.66. The summed E-state index contributed by atoms with van der Waals surface area (Å²) in [6.07, 6.45) is 0.122. The largest absolute Gasteiger partial charge is 0.408 e. The maximum atomic E-state index is 16.1. The van der Waals surface area contributed by atoms with E-state index in [9.17, 15) is 31.9 Å². The molecule has 6 aromatic rings. The maximum Gasteiger partial charge on any atom is 0.408 e. The van der Waals surface area contributed by atoms with Gasteiger partial charge in [-0.25, -0.2) is 32.5 Å². The average molecular weight is 756 g/mol. The Labute approximate surface area is 300 Å². The summed E-state index contributed by atoms with van der Waals surface area (Å²) in [5.41, 5.74) is -3.10. The fraction of sp³-hybridized carbons (Fsp3) is 0.265. The number of hydrogen-bond donors (Lipinski definition) is 1. The molecule has 0 saturated carbocycles. The third kappa shape index (κ3) is 7.10. The second kappa shape index (κ2) is 14.0. The molecule has 4 aromatic heterocycles. The van der Waals surface area contributed by atoms with E-state index in [0.717, 1.165) is 51.5 Å². The van der Waals surface area contributed by atoms with E-state index in [0.29, 0.717) is 48.1 Å². The molecule has 1 saturated heterocycles. The van der Waals surface area contributed by atoms with Crippen LogP contribution in [0.15, 0.2) is 96.6 Å². The Kier molecular flexibility index (Phi) is 9.38. The van der Waals surface area contributed by atoms with Gasteiger partial charge in [0.2, 0.25) is 0 Å². The Morgan fingerprint density at radius 1 is 0.741 bits per heavy atom. The van der Waals surface area contributed by atoms with Gasteiger partial charge < -0.3 is 14.9 Å². The number of halogens is 7. The number of rotatable bonds is 10. The van der Waals surface area contributed by atoms with Crippen LogP contribution < -0.4 is 15.5 Å². The van der Waals surface area contributed by atoms with Crippen molar-refractivity contribution in [1.82, 2.24) is 44.5 Å². The van der Waals surface area contributed by atoms with E-state index in [1.807, 2.05) is 12.1 Å². The minimum Gasteiger partial charge on any atom is -0.377 e. The van der Waals surface area contributed by atoms with E-state index in [4.69, 9.17) is 0 Å². The lowest BCUT2D eigenvalue weighted by atomic mass is 9.84. The van der Waals surface area contributed by atoms with Gasteiger partial charge in [-0.3, -0.25) is 4.98 Å². The quantitative estimate of drug-likeness (QED) is 0.202. The number of pyridine rings is 2. The minimum atomic E-state index is -4.59. The van der Waals surface area contributed by atoms with Gasteiger partial charge in [0.25, 0.3) is 0 Å². The summed E-state index contributed by atoms with van der Waals surface area (Å²) < 4.78 is 101. The van der Waals surface area contributed by atoms with E-state index >= 15 is 8.78 Å². The number of hydrogen-bond acceptors (Lipinski definition) is 10. The number of aliphatic hydroxyl groups is 1. The predicted molar refractivity (Wildman–Crippen MR) is 178 cm³/mol. The summed E-state index contributed by atoms with van der Waals surface area (Å²) in [6, 6.07) is 14.9. The fourth-order valence-corrected chi connectivity index (χ4v) is 6.20. The van der Waals surface area contributed by atoms with Crippen LogP contribution in [0.25, 0.3) is 16.9 Å². The molecule has 2 aromatic carbocycles. The summed E-state index contributed by atoms with van der Waals surface area (Å²) in [4.78, 5) is 24.8. The van der Waals surface area contributed by atoms with Crippen molar-refractivity contribution in [3.8, 4) is 16.9 Å². The van der Waals surface area contributed by atoms with Crippen molar-refractivity contribution >= 4 is 11.4 Å². The van der Waals surface area contributed by atoms with Gasteiger partial charge in [-0.05, 0) is 58.5 Å². The molecule has 13 nitrogen and oxygen atoms in total. The smallest absolute Gasteiger partial charge is 0.377 e. The van der Waals surface area contributed by atoms with E-state index in [1.54, 1.807) is 24.4 Å². The van der Waals surface area contributed by atoms with Crippen LogP contribution in [0.2, 0.25) is 0 Å². The molecule has 0 spiro atoms. The van der Waals surface area contributed by atoms with Crippen LogP contribution in [0.3, 0.4) is 0 Å². The van der Waals surface area contributed by atoms with Gasteiger partial charge in [0, 0.05) is 55.3 Å². The number of tetrazole rings is 1. The van der Waals surface area contributed by atoms with Crippen LogP contribution in [0, 0.1) is 11.6 Å². The van der Waals surface area contributed by atoms with Gasteiger partial charge in [-0.1, -0.05) is 18.2 Å². The Morgan fingerprint density at radius 2 is 1.43 bits per heavy atom. The topological polar surface area (TPSA) is 136 Å². The summed E-state index contributed by atoms with van der Waals surface area (Å²) in [6.45, 7) is 0.0419. The van der Waals surface area contributed by atoms with Crippen LogP contribution in [0.4, 0.5) is 42.1 Å². The number of alkyl halides is 5. The van der Waals surface area contributed by atoms with Crippen molar-refractivity contribution in [3.63, 3.8) is 0 Å². The zero-order valence-corrected chi connectivity index (χ0v) is 27.8. The van der Waals surface area contributed by atoms with Crippen molar-refractivity contribution in [2.45, 2.75) is 30.8 Å². The molecule has 1 fully saturated rings. The molecular formula is C34H28F7N11O2. The monoisotopic (exact) mass is 755 g/mol. The molecule has 1 aliphatic rings. The first kappa shape index (κ1) is 36.2. The van der Waals surface area contributed by atoms with Crippen LogP contribution in [0.5, 0.6) is 0 Å². The van der Waals surface area contributed by atoms with Crippen molar-refractivity contribution in [1.29, 1.82) is 0 Å². The molecule has 1 aliphatic heterocycles. The van der Waals surface area contributed by atoms with Crippen LogP contribution in [-0.4, -0.2) is 82.0 Å². The number of nitrogens with zero attached hydrogens (tertiary/aromatic N) is 11. The Hall–Kier alpha value is -6.18. The third-order valence-electron chi connectivity index (χ3n) is 9.02. The zero-order valence-electron chi connectivity index (χ0n) is 27.8. The maximum absolute atomic E-state index is 16.1. The first-order valence-corrected chi connectivity index (χ1v) is 16.2. The molecule has 1 N–H and O–H groups in total. The number of aromatic nitrogens is 9. The van der Waals surface area contributed by atoms with Crippen molar-refractivity contribution in [3.05, 3.63) is 125 Å². The Bertz CT molecular complexity index is 2270. The lowest BCUT2D eigenvalue weighted by molar-refractivity contribution is -0.207. The highest BCUT2D eigenvalue weighted by atomic mass is 19.4. The molecule has 0 radical (unpaired) electrons. The molecule has 54 heavy (non-hydrogen) atoms. The first-order valence-electron chi connectivity index (χ1n) is 16.2. The third-order valence-corrected chi connectivity index (χ3v) is 9.02. The average Bonchev–Trinajstić information content (AvgIpc) is 3.80. The van der Waals surface area contributed by atoms with Gasteiger partial charge >= 0.3 is 17.8 Å². The Morgan fingerprint density at radius 3 is 2.02 bits per heavy atom. The van der Waals surface area contributed by atoms with Gasteiger partial charge in [0.05, 0.1) is 18.4 Å². The standard InChI is InChI=1S/C34H28F7N11O2/c35-24-4-8-27(28(36)15-24)32(54,18-50-20-44-46-47-50)34(40,41)29-9-3-23(16-42-29)22-1-5-25(6-2-22)48-11-13-49(14-12-48)26-7-10-30(43-17-26)51-21-45-52(31(51)53)19-33(37,38)39/h1-10,15-17,20-21,54H,11-14,18-19H2/t32-/m0/s1. The molecular weight excluding hydrogens is 727 g/mol. The lowest BCUT2D eigenvalue weighted by Crippen LogP contribution is -2.48. The number of anilines is 2. The summed E-state index contributed by atoms with van der Waals surface area (Å²) in [5.74, 6) is -6.45. The molecule has 0 amide bonds. The van der Waals surface area contributed by atoms with Gasteiger partial charge in [-0.2, -0.15) is 27.1 Å². The van der Waals surface area contributed by atoms with Crippen LogP contribution in [0.1, 0.15) is 11.3 Å². The molecule has 0 aliphatic carbocycles. The van der Waals surface area contributed by atoms with Gasteiger partial charge in [-0.15, -0.1) is 5.10 Å². The first-order chi connectivity index (χ1) is 25.7. The van der Waals surface area contributed by atoms with E-state index < -0.39 is 59.4 Å². The van der Waals surface area contributed by atoms with Crippen LogP contribution in [-0.2, 0) is 24.6 Å². The lowest BCUT2D eigenvalue weighted by Gasteiger charge is -2.37. The van der Waals surface area contributed by atoms with E-state index in [1.165, 1.54) is 18.3 Å². The van der Waals surface area contributed by atoms with Crippen molar-refractivity contribution < 1.29 is 35.8 Å². The van der Waals surface area contributed by atoms with Gasteiger partial charge in [0.15, 0.2) is 5.60 Å². The van der Waals surface area contributed by atoms with Crippen LogP contribution >= 0.6 is 0 Å². The number of piperazine rings is 1. The SMILES string of the molecule is O=c1n(-c2ccc(N3CCN(c4ccc(-c5ccc(C(F)(F)[C@](O)(Cn6cnnn6)c6ccc(F)cc6F)nc5)cc4)CC3)cn2)cnn1CC(F)(F)F. The predicted octanol–water partition coefficient (Wildman–Crippen LogP) is 4.32. The van der Waals surface area contributed by atoms with Crippen molar-refractivity contribution in [2.24, 2.45) is 0 Å². The normalized spacial score (nSPS) is 15.0. The second-order valence-corrected chi connectivity index (χ2v) is 12.5. The van der Waals surface area contributed by atoms with Gasteiger partial charge in [0.1, 0.15) is 42.3 Å². The second-order valence-electron chi connectivity index (χ2n) is 12.5. The molecule has 0 bridgehead atoms. The summed E-state index contributed by atoms with van der Waals surface area (Å²) in [7, 11) is 0. The Balaban J connectivity index is 1.00. The summed E-state index contributed by atoms with van der Waals surface area (Å²) in [5, 5.41) is 25.2. The highest BCUT2D eigenvalue weighted by Crippen LogP contribution is 2.47. The van der Waals surface area contributed by atoms with E-state index in [-0.39, 0.29) is 5.82 Å². The summed E-state index contributed by atoms with van der Waals surface area (Å²) >= 11 is 0. The van der Waals surface area contributed by atoms with E-state index in [2.05, 4.69) is 40.4 Å². The van der Waals surface area contributed by atoms with Crippen molar-refractivity contribution in [2.75, 3.05) is 36.0 Å². The molecule has 7 rings (SSSR count). The minimum absolute atomic E-state index is 0.136. The number of benzene rings is 2. The molecule has 5 heterocycles. The fourth-order valence-electron chi connectivity index (χ4n) is 6.20. The molecule has 280 valence electrons. The zero-order chi connectivity index (χ0) is 38.3. The highest BCUT2D eigenvalue weighted by Gasteiger charge is 2.58. The molecule has 1 atom stereocenters. The molecule has 0 unspecified atom stereocenters.